The van der Waals surface area contributed by atoms with Crippen LogP contribution in [0.5, 0.6) is 0 Å². The van der Waals surface area contributed by atoms with Gasteiger partial charge in [-0.3, -0.25) is 4.79 Å². The number of carbonyl (C=O) groups is 1. The maximum atomic E-state index is 11.8. The Morgan fingerprint density at radius 2 is 1.61 bits per heavy atom. The highest BCUT2D eigenvalue weighted by Crippen LogP contribution is 2.38. The fourth-order valence-corrected chi connectivity index (χ4v) is 4.30. The Bertz CT molecular complexity index is 825. The van der Waals surface area contributed by atoms with Gasteiger partial charge in [0.25, 0.3) is 0 Å². The second-order valence-electron chi connectivity index (χ2n) is 8.80. The summed E-state index contributed by atoms with van der Waals surface area (Å²) >= 11 is 0. The topological polar surface area (TPSA) is 116 Å². The zero-order valence-corrected chi connectivity index (χ0v) is 17.9. The Hall–Kier alpha value is -2.19. The van der Waals surface area contributed by atoms with E-state index < -0.39 is 18.6 Å². The zero-order chi connectivity index (χ0) is 22.3. The molecule has 0 bridgehead atoms. The van der Waals surface area contributed by atoms with Gasteiger partial charge in [-0.25, -0.2) is 0 Å². The van der Waals surface area contributed by atoms with Crippen LogP contribution in [0.2, 0.25) is 6.32 Å². The van der Waals surface area contributed by atoms with Crippen LogP contribution in [0.25, 0.3) is 0 Å². The Labute approximate surface area is 184 Å². The minimum Gasteiger partial charge on any atom is -0.480 e. The minimum absolute atomic E-state index is 0.0604. The van der Waals surface area contributed by atoms with Crippen LogP contribution in [0, 0.1) is 5.92 Å². The summed E-state index contributed by atoms with van der Waals surface area (Å²) in [4.78, 5) is 11.8. The van der Waals surface area contributed by atoms with Gasteiger partial charge in [0.2, 0.25) is 0 Å². The number of nitrogens with two attached hydrogens (primary N) is 1. The molecule has 0 radical (unpaired) electrons. The summed E-state index contributed by atoms with van der Waals surface area (Å²) in [5.74, 6) is -1.02. The molecule has 6 nitrogen and oxygen atoms in total. The van der Waals surface area contributed by atoms with Crippen LogP contribution in [0.4, 0.5) is 0 Å². The van der Waals surface area contributed by atoms with Gasteiger partial charge in [0.05, 0.1) is 0 Å². The van der Waals surface area contributed by atoms with E-state index in [0.29, 0.717) is 19.3 Å². The molecule has 2 aromatic rings. The molecule has 1 atom stereocenters. The fraction of sp³-hybridized carbons (Fsp3) is 0.458. The third-order valence-electron chi connectivity index (χ3n) is 6.44. The van der Waals surface area contributed by atoms with E-state index in [0.717, 1.165) is 25.8 Å². The Morgan fingerprint density at radius 1 is 1.00 bits per heavy atom. The summed E-state index contributed by atoms with van der Waals surface area (Å²) in [6.45, 7) is 0.752. The number of hydrogen-bond donors (Lipinski definition) is 5. The maximum absolute atomic E-state index is 11.8. The van der Waals surface area contributed by atoms with Gasteiger partial charge in [-0.05, 0) is 54.6 Å². The molecule has 1 aliphatic rings. The SMILES string of the molecule is NC(CCCCB(O)O)(C(=O)O)C1CC(NCc2ccc(Cc3ccccc3)cc2)C1. The largest absolute Gasteiger partial charge is 0.480 e. The normalized spacial score (nSPS) is 20.0. The molecular formula is C24H33BN2O4. The van der Waals surface area contributed by atoms with Gasteiger partial charge in [-0.2, -0.15) is 0 Å². The molecule has 7 heteroatoms. The van der Waals surface area contributed by atoms with Crippen molar-refractivity contribution in [2.24, 2.45) is 11.7 Å². The molecule has 0 saturated heterocycles. The number of benzene rings is 2. The molecule has 0 aliphatic heterocycles. The molecule has 31 heavy (non-hydrogen) atoms. The van der Waals surface area contributed by atoms with Crippen molar-refractivity contribution in [3.05, 3.63) is 71.3 Å². The first-order valence-electron chi connectivity index (χ1n) is 11.1. The monoisotopic (exact) mass is 424 g/mol. The summed E-state index contributed by atoms with van der Waals surface area (Å²) in [7, 11) is -1.35. The second kappa shape index (κ2) is 10.9. The lowest BCUT2D eigenvalue weighted by Gasteiger charge is -2.45. The standard InChI is InChI=1S/C24H33BN2O4/c26-24(23(28)29,12-4-5-13-25(30)31)21-15-22(16-21)27-17-20-10-8-19(9-11-20)14-18-6-2-1-3-7-18/h1-3,6-11,21-22,27,30-31H,4-5,12-17,26H2,(H,28,29). The van der Waals surface area contributed by atoms with E-state index in [4.69, 9.17) is 15.8 Å². The molecule has 166 valence electrons. The highest BCUT2D eigenvalue weighted by molar-refractivity contribution is 6.40. The van der Waals surface area contributed by atoms with Crippen molar-refractivity contribution in [1.29, 1.82) is 0 Å². The number of unbranched alkanes of at least 4 members (excludes halogenated alkanes) is 1. The van der Waals surface area contributed by atoms with Crippen molar-refractivity contribution in [2.75, 3.05) is 0 Å². The third-order valence-corrected chi connectivity index (χ3v) is 6.44. The Balaban J connectivity index is 1.42. The molecule has 1 unspecified atom stereocenters. The van der Waals surface area contributed by atoms with E-state index in [2.05, 4.69) is 53.8 Å². The molecule has 0 spiro atoms. The Kier molecular flexibility index (Phi) is 8.26. The predicted octanol–water partition coefficient (Wildman–Crippen LogP) is 2.57. The third kappa shape index (κ3) is 6.65. The first kappa shape index (κ1) is 23.5. The maximum Gasteiger partial charge on any atom is 0.451 e. The number of rotatable bonds is 12. The smallest absolute Gasteiger partial charge is 0.451 e. The molecule has 1 aliphatic carbocycles. The van der Waals surface area contributed by atoms with Crippen molar-refractivity contribution in [1.82, 2.24) is 5.32 Å². The van der Waals surface area contributed by atoms with Gasteiger partial charge in [0.15, 0.2) is 0 Å². The lowest BCUT2D eigenvalue weighted by Crippen LogP contribution is -2.61. The highest BCUT2D eigenvalue weighted by Gasteiger charge is 2.47. The van der Waals surface area contributed by atoms with E-state index in [1.165, 1.54) is 16.7 Å². The molecule has 6 N–H and O–H groups in total. The van der Waals surface area contributed by atoms with Gasteiger partial charge in [0.1, 0.15) is 5.54 Å². The molecular weight excluding hydrogens is 391 g/mol. The van der Waals surface area contributed by atoms with Crippen LogP contribution >= 0.6 is 0 Å². The van der Waals surface area contributed by atoms with Crippen molar-refractivity contribution < 1.29 is 19.9 Å². The molecule has 0 amide bonds. The van der Waals surface area contributed by atoms with Crippen molar-refractivity contribution in [3.8, 4) is 0 Å². The van der Waals surface area contributed by atoms with Crippen molar-refractivity contribution in [2.45, 2.75) is 63.0 Å². The molecule has 2 aromatic carbocycles. The van der Waals surface area contributed by atoms with Gasteiger partial charge >= 0.3 is 13.1 Å². The summed E-state index contributed by atoms with van der Waals surface area (Å²) in [6, 6.07) is 19.3. The van der Waals surface area contributed by atoms with Gasteiger partial charge in [-0.15, -0.1) is 0 Å². The van der Waals surface area contributed by atoms with Crippen LogP contribution in [0.1, 0.15) is 48.8 Å². The lowest BCUT2D eigenvalue weighted by molar-refractivity contribution is -0.148. The average molecular weight is 424 g/mol. The number of hydrogen-bond acceptors (Lipinski definition) is 5. The fourth-order valence-electron chi connectivity index (χ4n) is 4.30. The van der Waals surface area contributed by atoms with Gasteiger partial charge in [0, 0.05) is 12.6 Å². The van der Waals surface area contributed by atoms with Gasteiger partial charge < -0.3 is 26.2 Å². The van der Waals surface area contributed by atoms with Crippen molar-refractivity contribution in [3.63, 3.8) is 0 Å². The summed E-state index contributed by atoms with van der Waals surface area (Å²) in [5.41, 5.74) is 8.81. The van der Waals surface area contributed by atoms with Crippen LogP contribution in [0.3, 0.4) is 0 Å². The van der Waals surface area contributed by atoms with E-state index in [9.17, 15) is 9.90 Å². The number of nitrogens with one attached hydrogen (secondary N) is 1. The van der Waals surface area contributed by atoms with E-state index in [-0.39, 0.29) is 18.3 Å². The average Bonchev–Trinajstić information content (AvgIpc) is 2.72. The molecule has 0 aromatic heterocycles. The van der Waals surface area contributed by atoms with Gasteiger partial charge in [-0.1, -0.05) is 67.4 Å². The Morgan fingerprint density at radius 3 is 2.23 bits per heavy atom. The lowest BCUT2D eigenvalue weighted by atomic mass is 9.66. The second-order valence-corrected chi connectivity index (χ2v) is 8.80. The minimum atomic E-state index is -1.35. The summed E-state index contributed by atoms with van der Waals surface area (Å²) < 4.78 is 0. The van der Waals surface area contributed by atoms with Crippen LogP contribution in [-0.4, -0.2) is 39.8 Å². The van der Waals surface area contributed by atoms with E-state index >= 15 is 0 Å². The number of carboxylic acids is 1. The number of carboxylic acid groups (broad SMARTS) is 1. The quantitative estimate of drug-likeness (QED) is 0.264. The number of aliphatic carboxylic acids is 1. The van der Waals surface area contributed by atoms with Crippen molar-refractivity contribution >= 4 is 13.1 Å². The molecule has 1 saturated carbocycles. The molecule has 1 fully saturated rings. The van der Waals surface area contributed by atoms with Crippen LogP contribution < -0.4 is 11.1 Å². The predicted molar refractivity (Wildman–Crippen MR) is 122 cm³/mol. The summed E-state index contributed by atoms with van der Waals surface area (Å²) in [5, 5.41) is 31.0. The molecule has 3 rings (SSSR count). The van der Waals surface area contributed by atoms with Crippen LogP contribution in [-0.2, 0) is 17.8 Å². The molecule has 0 heterocycles. The summed E-state index contributed by atoms with van der Waals surface area (Å²) in [6.07, 6.45) is 4.14. The first-order chi connectivity index (χ1) is 14.9. The van der Waals surface area contributed by atoms with Crippen LogP contribution in [0.15, 0.2) is 54.6 Å². The van der Waals surface area contributed by atoms with E-state index in [1.54, 1.807) is 0 Å². The first-order valence-corrected chi connectivity index (χ1v) is 11.1. The highest BCUT2D eigenvalue weighted by atomic mass is 16.4. The zero-order valence-electron chi connectivity index (χ0n) is 17.9. The van der Waals surface area contributed by atoms with E-state index in [1.807, 2.05) is 6.07 Å².